The molecular weight excluding hydrogens is 472 g/mol. The number of phenolic OH excluding ortho intramolecular Hbond substituents is 1. The Hall–Kier alpha value is -3.67. The molecule has 4 atom stereocenters. The number of aromatic hydroxyl groups is 1. The first-order valence-corrected chi connectivity index (χ1v) is 11.8. The number of nitrogens with one attached hydrogen (secondary N) is 2. The maximum Gasteiger partial charge on any atom is 0.326 e. The Bertz CT molecular complexity index is 965. The van der Waals surface area contributed by atoms with Crippen LogP contribution in [0.15, 0.2) is 24.3 Å². The zero-order valence-electron chi connectivity index (χ0n) is 20.3. The number of carboxylic acids is 2. The third-order valence-electron chi connectivity index (χ3n) is 5.88. The Kier molecular flexibility index (Phi) is 10.2. The molecule has 1 saturated heterocycles. The molecule has 198 valence electrons. The molecule has 36 heavy (non-hydrogen) atoms. The summed E-state index contributed by atoms with van der Waals surface area (Å²) in [5, 5.41) is 32.6. The molecule has 12 nitrogen and oxygen atoms in total. The van der Waals surface area contributed by atoms with Gasteiger partial charge in [0.2, 0.25) is 17.7 Å². The zero-order valence-corrected chi connectivity index (χ0v) is 20.3. The molecule has 0 bridgehead atoms. The maximum absolute atomic E-state index is 13.5. The summed E-state index contributed by atoms with van der Waals surface area (Å²) in [7, 11) is 0. The molecule has 0 saturated carbocycles. The van der Waals surface area contributed by atoms with Gasteiger partial charge in [-0.15, -0.1) is 0 Å². The van der Waals surface area contributed by atoms with Crippen molar-refractivity contribution in [3.8, 4) is 5.75 Å². The van der Waals surface area contributed by atoms with E-state index in [-0.39, 0.29) is 31.1 Å². The van der Waals surface area contributed by atoms with Gasteiger partial charge in [-0.1, -0.05) is 26.0 Å². The van der Waals surface area contributed by atoms with Gasteiger partial charge in [-0.2, -0.15) is 0 Å². The van der Waals surface area contributed by atoms with Crippen molar-refractivity contribution in [3.05, 3.63) is 29.8 Å². The van der Waals surface area contributed by atoms with Gasteiger partial charge in [0.05, 0.1) is 12.5 Å². The SMILES string of the molecule is CC(C)CC(N)C(=O)NC(Cc1ccc(O)cc1)C(=O)N1CCCC1C(=O)NC(CC(=O)O)C(=O)O. The molecule has 1 aliphatic rings. The lowest BCUT2D eigenvalue weighted by molar-refractivity contribution is -0.148. The molecule has 7 N–H and O–H groups in total. The highest BCUT2D eigenvalue weighted by Crippen LogP contribution is 2.21. The second-order valence-corrected chi connectivity index (χ2v) is 9.35. The van der Waals surface area contributed by atoms with Gasteiger partial charge < -0.3 is 36.6 Å². The first kappa shape index (κ1) is 28.6. The number of rotatable bonds is 12. The zero-order chi connectivity index (χ0) is 27.0. The van der Waals surface area contributed by atoms with Crippen LogP contribution >= 0.6 is 0 Å². The van der Waals surface area contributed by atoms with E-state index in [9.17, 15) is 34.2 Å². The van der Waals surface area contributed by atoms with Gasteiger partial charge in [-0.3, -0.25) is 19.2 Å². The van der Waals surface area contributed by atoms with E-state index in [1.807, 2.05) is 13.8 Å². The predicted molar refractivity (Wildman–Crippen MR) is 128 cm³/mol. The first-order valence-electron chi connectivity index (χ1n) is 11.8. The number of hydrogen-bond donors (Lipinski definition) is 6. The van der Waals surface area contributed by atoms with Crippen molar-refractivity contribution in [2.24, 2.45) is 11.7 Å². The average Bonchev–Trinajstić information content (AvgIpc) is 3.28. The highest BCUT2D eigenvalue weighted by molar-refractivity contribution is 5.95. The van der Waals surface area contributed by atoms with E-state index in [0.29, 0.717) is 18.4 Å². The van der Waals surface area contributed by atoms with Crippen LogP contribution in [0.5, 0.6) is 5.75 Å². The number of phenols is 1. The minimum Gasteiger partial charge on any atom is -0.508 e. The monoisotopic (exact) mass is 506 g/mol. The smallest absolute Gasteiger partial charge is 0.326 e. The number of carbonyl (C=O) groups excluding carboxylic acids is 3. The Morgan fingerprint density at radius 3 is 2.25 bits per heavy atom. The van der Waals surface area contributed by atoms with Crippen LogP contribution in [0.25, 0.3) is 0 Å². The molecule has 1 aliphatic heterocycles. The van der Waals surface area contributed by atoms with Gasteiger partial charge in [0, 0.05) is 13.0 Å². The summed E-state index contributed by atoms with van der Waals surface area (Å²) < 4.78 is 0. The standard InChI is InChI=1S/C24H34N4O8/c1-13(2)10-16(25)21(32)26-17(11-14-5-7-15(29)8-6-14)23(34)28-9-3-4-19(28)22(33)27-18(24(35)36)12-20(30)31/h5-8,13,16-19,29H,3-4,9-12,25H2,1-2H3,(H,26,32)(H,27,33)(H,30,31)(H,35,36). The van der Waals surface area contributed by atoms with Crippen LogP contribution in [0.3, 0.4) is 0 Å². The molecule has 4 unspecified atom stereocenters. The quantitative estimate of drug-likeness (QED) is 0.223. The highest BCUT2D eigenvalue weighted by Gasteiger charge is 2.39. The first-order chi connectivity index (χ1) is 16.9. The molecule has 0 radical (unpaired) electrons. The van der Waals surface area contributed by atoms with Gasteiger partial charge in [0.25, 0.3) is 0 Å². The summed E-state index contributed by atoms with van der Waals surface area (Å²) in [5.41, 5.74) is 6.64. The van der Waals surface area contributed by atoms with Crippen molar-refractivity contribution < 1.29 is 39.3 Å². The fourth-order valence-electron chi connectivity index (χ4n) is 4.11. The van der Waals surface area contributed by atoms with Crippen LogP contribution in [0.2, 0.25) is 0 Å². The Morgan fingerprint density at radius 1 is 1.06 bits per heavy atom. The number of likely N-dealkylation sites (tertiary alicyclic amines) is 1. The van der Waals surface area contributed by atoms with E-state index in [1.54, 1.807) is 12.1 Å². The molecule has 2 rings (SSSR count). The number of nitrogens with two attached hydrogens (primary N) is 1. The number of hydrogen-bond acceptors (Lipinski definition) is 7. The topological polar surface area (TPSA) is 199 Å². The maximum atomic E-state index is 13.5. The molecule has 12 heteroatoms. The van der Waals surface area contributed by atoms with Crippen LogP contribution in [0, 0.1) is 5.92 Å². The fraction of sp³-hybridized carbons (Fsp3) is 0.542. The number of aliphatic carboxylic acids is 2. The number of amides is 3. The van der Waals surface area contributed by atoms with Gasteiger partial charge in [-0.25, -0.2) is 4.79 Å². The van der Waals surface area contributed by atoms with Crippen molar-refractivity contribution >= 4 is 29.7 Å². The summed E-state index contributed by atoms with van der Waals surface area (Å²) in [6.07, 6.45) is 0.383. The number of carbonyl (C=O) groups is 5. The molecule has 0 aromatic heterocycles. The van der Waals surface area contributed by atoms with Crippen LogP contribution in [-0.4, -0.2) is 80.6 Å². The summed E-state index contributed by atoms with van der Waals surface area (Å²) >= 11 is 0. The van der Waals surface area contributed by atoms with Gasteiger partial charge in [0.1, 0.15) is 23.9 Å². The molecule has 1 fully saturated rings. The highest BCUT2D eigenvalue weighted by atomic mass is 16.4. The number of nitrogens with zero attached hydrogens (tertiary/aromatic N) is 1. The van der Waals surface area contributed by atoms with Crippen molar-refractivity contribution in [3.63, 3.8) is 0 Å². The molecule has 0 aliphatic carbocycles. The second kappa shape index (κ2) is 12.9. The van der Waals surface area contributed by atoms with Crippen LogP contribution in [0.1, 0.15) is 45.1 Å². The van der Waals surface area contributed by atoms with E-state index in [0.717, 1.165) is 0 Å². The van der Waals surface area contributed by atoms with Crippen LogP contribution in [-0.2, 0) is 30.4 Å². The molecular formula is C24H34N4O8. The van der Waals surface area contributed by atoms with E-state index >= 15 is 0 Å². The molecule has 1 heterocycles. The lowest BCUT2D eigenvalue weighted by Crippen LogP contribution is -2.57. The predicted octanol–water partition coefficient (Wildman–Crippen LogP) is -0.172. The number of benzene rings is 1. The van der Waals surface area contributed by atoms with Gasteiger partial charge in [-0.05, 0) is 42.9 Å². The number of carboxylic acid groups (broad SMARTS) is 2. The van der Waals surface area contributed by atoms with Crippen molar-refractivity contribution in [1.82, 2.24) is 15.5 Å². The molecule has 3 amide bonds. The Balaban J connectivity index is 2.23. The normalized spacial score (nSPS) is 17.8. The van der Waals surface area contributed by atoms with Gasteiger partial charge in [0.15, 0.2) is 0 Å². The van der Waals surface area contributed by atoms with Crippen molar-refractivity contribution in [2.75, 3.05) is 6.54 Å². The van der Waals surface area contributed by atoms with E-state index in [2.05, 4.69) is 10.6 Å². The third kappa shape index (κ3) is 8.22. The molecule has 1 aromatic carbocycles. The van der Waals surface area contributed by atoms with E-state index in [1.165, 1.54) is 17.0 Å². The van der Waals surface area contributed by atoms with E-state index in [4.69, 9.17) is 10.8 Å². The average molecular weight is 507 g/mol. The lowest BCUT2D eigenvalue weighted by Gasteiger charge is -2.30. The second-order valence-electron chi connectivity index (χ2n) is 9.35. The lowest BCUT2D eigenvalue weighted by atomic mass is 10.0. The molecule has 0 spiro atoms. The summed E-state index contributed by atoms with van der Waals surface area (Å²) in [6.45, 7) is 4.02. The Labute approximate surface area is 208 Å². The van der Waals surface area contributed by atoms with Crippen molar-refractivity contribution in [1.29, 1.82) is 0 Å². The van der Waals surface area contributed by atoms with E-state index < -0.39 is 60.2 Å². The van der Waals surface area contributed by atoms with Crippen LogP contribution < -0.4 is 16.4 Å². The third-order valence-corrected chi connectivity index (χ3v) is 5.88. The Morgan fingerprint density at radius 2 is 1.69 bits per heavy atom. The minimum absolute atomic E-state index is 0.0373. The summed E-state index contributed by atoms with van der Waals surface area (Å²) in [6, 6.07) is 1.53. The minimum atomic E-state index is -1.64. The largest absolute Gasteiger partial charge is 0.508 e. The van der Waals surface area contributed by atoms with Gasteiger partial charge >= 0.3 is 11.9 Å². The fourth-order valence-corrected chi connectivity index (χ4v) is 4.11. The summed E-state index contributed by atoms with van der Waals surface area (Å²) in [5.74, 6) is -4.55. The van der Waals surface area contributed by atoms with Crippen LogP contribution in [0.4, 0.5) is 0 Å². The summed E-state index contributed by atoms with van der Waals surface area (Å²) in [4.78, 5) is 62.7. The van der Waals surface area contributed by atoms with Crippen molar-refractivity contribution in [2.45, 2.75) is 70.1 Å². The molecule has 1 aromatic rings.